The topological polar surface area (TPSA) is 20.2 Å². The van der Waals surface area contributed by atoms with Gasteiger partial charge in [0.1, 0.15) is 11.6 Å². The Bertz CT molecular complexity index is 491. The summed E-state index contributed by atoms with van der Waals surface area (Å²) in [5.74, 6) is -0.581. The van der Waals surface area contributed by atoms with E-state index in [1.54, 1.807) is 24.3 Å². The van der Waals surface area contributed by atoms with Crippen LogP contribution in [0.2, 0.25) is 0 Å². The average Bonchev–Trinajstić information content (AvgIpc) is 2.38. The summed E-state index contributed by atoms with van der Waals surface area (Å²) in [6, 6.07) is 12.0. The van der Waals surface area contributed by atoms with Crippen molar-refractivity contribution in [2.45, 2.75) is 18.9 Å². The molecule has 1 atom stereocenters. The molecule has 0 aliphatic carbocycles. The maximum Gasteiger partial charge on any atom is 0.123 e. The molecule has 0 spiro atoms. The van der Waals surface area contributed by atoms with Gasteiger partial charge in [-0.25, -0.2) is 8.78 Å². The van der Waals surface area contributed by atoms with Crippen molar-refractivity contribution in [3.63, 3.8) is 0 Å². The van der Waals surface area contributed by atoms with Gasteiger partial charge in [0.15, 0.2) is 0 Å². The molecule has 18 heavy (non-hydrogen) atoms. The molecule has 0 unspecified atom stereocenters. The summed E-state index contributed by atoms with van der Waals surface area (Å²) >= 11 is 0. The van der Waals surface area contributed by atoms with Crippen molar-refractivity contribution in [3.05, 3.63) is 71.3 Å². The summed E-state index contributed by atoms with van der Waals surface area (Å²) in [7, 11) is 0. The highest BCUT2D eigenvalue weighted by Crippen LogP contribution is 2.19. The molecular formula is C15H14F2O. The van der Waals surface area contributed by atoms with E-state index in [-0.39, 0.29) is 11.6 Å². The minimum absolute atomic E-state index is 0.266. The Labute approximate surface area is 105 Å². The van der Waals surface area contributed by atoms with E-state index in [2.05, 4.69) is 0 Å². The van der Waals surface area contributed by atoms with Gasteiger partial charge in [0, 0.05) is 0 Å². The fourth-order valence-electron chi connectivity index (χ4n) is 1.81. The lowest BCUT2D eigenvalue weighted by Gasteiger charge is -2.10. The maximum atomic E-state index is 12.7. The second-order valence-corrected chi connectivity index (χ2v) is 4.23. The number of rotatable bonds is 4. The first kappa shape index (κ1) is 12.7. The highest BCUT2D eigenvalue weighted by Gasteiger charge is 2.07. The van der Waals surface area contributed by atoms with E-state index in [0.29, 0.717) is 18.4 Å². The standard InChI is InChI=1S/C15H14F2O/c16-13-6-1-11(2-7-13)3-10-15(18)12-4-8-14(17)9-5-12/h1-2,4-9,15,18H,3,10H2/t15-/m1/s1. The number of halogens is 2. The highest BCUT2D eigenvalue weighted by atomic mass is 19.1. The molecule has 0 aliphatic rings. The van der Waals surface area contributed by atoms with Crippen LogP contribution in [0, 0.1) is 11.6 Å². The van der Waals surface area contributed by atoms with Crippen LogP contribution in [-0.4, -0.2) is 5.11 Å². The van der Waals surface area contributed by atoms with E-state index in [4.69, 9.17) is 0 Å². The first-order valence-corrected chi connectivity index (χ1v) is 5.83. The molecule has 94 valence electrons. The van der Waals surface area contributed by atoms with Gasteiger partial charge in [-0.05, 0) is 48.2 Å². The fraction of sp³-hybridized carbons (Fsp3) is 0.200. The van der Waals surface area contributed by atoms with Gasteiger partial charge in [0.25, 0.3) is 0 Å². The molecule has 0 radical (unpaired) electrons. The molecule has 2 aromatic rings. The summed E-state index contributed by atoms with van der Waals surface area (Å²) in [5.41, 5.74) is 1.66. The largest absolute Gasteiger partial charge is 0.388 e. The van der Waals surface area contributed by atoms with E-state index < -0.39 is 6.10 Å². The van der Waals surface area contributed by atoms with Gasteiger partial charge in [-0.2, -0.15) is 0 Å². The van der Waals surface area contributed by atoms with E-state index in [0.717, 1.165) is 5.56 Å². The molecule has 0 aromatic heterocycles. The van der Waals surface area contributed by atoms with Crippen LogP contribution in [0.3, 0.4) is 0 Å². The van der Waals surface area contributed by atoms with Gasteiger partial charge in [0.2, 0.25) is 0 Å². The predicted octanol–water partition coefficient (Wildman–Crippen LogP) is 3.63. The molecule has 0 aliphatic heterocycles. The van der Waals surface area contributed by atoms with Crippen molar-refractivity contribution in [3.8, 4) is 0 Å². The zero-order valence-electron chi connectivity index (χ0n) is 9.81. The summed E-state index contributed by atoms with van der Waals surface area (Å²) in [5, 5.41) is 9.93. The number of aliphatic hydroxyl groups excluding tert-OH is 1. The maximum absolute atomic E-state index is 12.7. The van der Waals surface area contributed by atoms with E-state index in [1.165, 1.54) is 24.3 Å². The molecular weight excluding hydrogens is 234 g/mol. The lowest BCUT2D eigenvalue weighted by molar-refractivity contribution is 0.167. The Morgan fingerprint density at radius 1 is 0.833 bits per heavy atom. The van der Waals surface area contributed by atoms with E-state index in [1.807, 2.05) is 0 Å². The third kappa shape index (κ3) is 3.37. The third-order valence-electron chi connectivity index (χ3n) is 2.87. The van der Waals surface area contributed by atoms with Gasteiger partial charge in [-0.3, -0.25) is 0 Å². The van der Waals surface area contributed by atoms with Crippen LogP contribution in [-0.2, 0) is 6.42 Å². The number of benzene rings is 2. The van der Waals surface area contributed by atoms with Crippen LogP contribution in [0.4, 0.5) is 8.78 Å². The van der Waals surface area contributed by atoms with Crippen molar-refractivity contribution >= 4 is 0 Å². The van der Waals surface area contributed by atoms with Crippen LogP contribution in [0.5, 0.6) is 0 Å². The van der Waals surface area contributed by atoms with Crippen LogP contribution in [0.25, 0.3) is 0 Å². The van der Waals surface area contributed by atoms with Crippen molar-refractivity contribution in [2.24, 2.45) is 0 Å². The molecule has 0 saturated heterocycles. The molecule has 0 amide bonds. The third-order valence-corrected chi connectivity index (χ3v) is 2.87. The minimum atomic E-state index is -0.629. The van der Waals surface area contributed by atoms with Gasteiger partial charge >= 0.3 is 0 Å². The minimum Gasteiger partial charge on any atom is -0.388 e. The molecule has 0 fully saturated rings. The summed E-state index contributed by atoms with van der Waals surface area (Å²) in [6.07, 6.45) is 0.548. The Balaban J connectivity index is 1.93. The summed E-state index contributed by atoms with van der Waals surface area (Å²) in [6.45, 7) is 0. The fourth-order valence-corrected chi connectivity index (χ4v) is 1.81. The Morgan fingerprint density at radius 3 is 1.89 bits per heavy atom. The van der Waals surface area contributed by atoms with E-state index in [9.17, 15) is 13.9 Å². The SMILES string of the molecule is O[C@H](CCc1ccc(F)cc1)c1ccc(F)cc1. The van der Waals surface area contributed by atoms with Crippen molar-refractivity contribution in [1.82, 2.24) is 0 Å². The summed E-state index contributed by atoms with van der Waals surface area (Å²) in [4.78, 5) is 0. The zero-order valence-corrected chi connectivity index (χ0v) is 9.81. The first-order chi connectivity index (χ1) is 8.65. The lowest BCUT2D eigenvalue weighted by atomic mass is 10.0. The van der Waals surface area contributed by atoms with E-state index >= 15 is 0 Å². The Morgan fingerprint density at radius 2 is 1.33 bits per heavy atom. The predicted molar refractivity (Wildman–Crippen MR) is 66.1 cm³/mol. The van der Waals surface area contributed by atoms with Crippen LogP contribution in [0.1, 0.15) is 23.7 Å². The highest BCUT2D eigenvalue weighted by molar-refractivity contribution is 5.20. The second-order valence-electron chi connectivity index (χ2n) is 4.23. The molecule has 1 nitrogen and oxygen atoms in total. The Kier molecular flexibility index (Phi) is 4.05. The second kappa shape index (κ2) is 5.74. The molecule has 0 heterocycles. The van der Waals surface area contributed by atoms with Crippen LogP contribution < -0.4 is 0 Å². The van der Waals surface area contributed by atoms with Crippen molar-refractivity contribution in [1.29, 1.82) is 0 Å². The van der Waals surface area contributed by atoms with Gasteiger partial charge in [-0.1, -0.05) is 24.3 Å². The van der Waals surface area contributed by atoms with Crippen molar-refractivity contribution in [2.75, 3.05) is 0 Å². The normalized spacial score (nSPS) is 12.4. The van der Waals surface area contributed by atoms with Gasteiger partial charge in [-0.15, -0.1) is 0 Å². The number of aryl methyl sites for hydroxylation is 1. The van der Waals surface area contributed by atoms with Gasteiger partial charge < -0.3 is 5.11 Å². The van der Waals surface area contributed by atoms with Crippen LogP contribution in [0.15, 0.2) is 48.5 Å². The quantitative estimate of drug-likeness (QED) is 0.876. The first-order valence-electron chi connectivity index (χ1n) is 5.83. The molecule has 0 bridgehead atoms. The number of hydrogen-bond acceptors (Lipinski definition) is 1. The van der Waals surface area contributed by atoms with Crippen molar-refractivity contribution < 1.29 is 13.9 Å². The Hall–Kier alpha value is -1.74. The number of aliphatic hydroxyl groups is 1. The summed E-state index contributed by atoms with van der Waals surface area (Å²) < 4.78 is 25.4. The zero-order chi connectivity index (χ0) is 13.0. The number of hydrogen-bond donors (Lipinski definition) is 1. The molecule has 0 saturated carbocycles. The smallest absolute Gasteiger partial charge is 0.123 e. The molecule has 2 rings (SSSR count). The molecule has 3 heteroatoms. The lowest BCUT2D eigenvalue weighted by Crippen LogP contribution is -1.99. The molecule has 2 aromatic carbocycles. The van der Waals surface area contributed by atoms with Crippen LogP contribution >= 0.6 is 0 Å². The van der Waals surface area contributed by atoms with Gasteiger partial charge in [0.05, 0.1) is 6.10 Å². The average molecular weight is 248 g/mol. The monoisotopic (exact) mass is 248 g/mol. The molecule has 1 N–H and O–H groups in total.